The molecule has 3 rings (SSSR count). The Morgan fingerprint density at radius 3 is 2.74 bits per heavy atom. The Kier molecular flexibility index (Phi) is 3.80. The van der Waals surface area contributed by atoms with Gasteiger partial charge in [0, 0.05) is 17.3 Å². The lowest BCUT2D eigenvalue weighted by molar-refractivity contribution is 0.0695. The molecule has 0 fully saturated rings. The van der Waals surface area contributed by atoms with Crippen molar-refractivity contribution in [3.05, 3.63) is 75.8 Å². The van der Waals surface area contributed by atoms with Crippen molar-refractivity contribution >= 4 is 16.9 Å². The number of carbonyl (C=O) groups is 1. The van der Waals surface area contributed by atoms with Gasteiger partial charge in [-0.2, -0.15) is 0 Å². The second kappa shape index (κ2) is 5.92. The maximum Gasteiger partial charge on any atom is 0.341 e. The first-order valence-corrected chi connectivity index (χ1v) is 6.81. The summed E-state index contributed by atoms with van der Waals surface area (Å²) < 4.78 is 19.0. The standard InChI is InChI=1S/C17H12FNO4/c18-14-4-2-1-3-10(14)9-23-11-5-6-15-12(7-11)16(20)13(8-19-15)17(21)22/h1-8H,9H2,(H,19,20)(H,21,22). The van der Waals surface area contributed by atoms with E-state index in [1.807, 2.05) is 0 Å². The number of aromatic carboxylic acids is 1. The highest BCUT2D eigenvalue weighted by Crippen LogP contribution is 2.19. The number of carboxylic acid groups (broad SMARTS) is 1. The highest BCUT2D eigenvalue weighted by atomic mass is 19.1. The number of aromatic nitrogens is 1. The number of rotatable bonds is 4. The first-order chi connectivity index (χ1) is 11.1. The van der Waals surface area contributed by atoms with E-state index >= 15 is 0 Å². The van der Waals surface area contributed by atoms with Crippen LogP contribution in [0.2, 0.25) is 0 Å². The maximum absolute atomic E-state index is 13.6. The largest absolute Gasteiger partial charge is 0.489 e. The van der Waals surface area contributed by atoms with Crippen LogP contribution in [-0.4, -0.2) is 16.1 Å². The van der Waals surface area contributed by atoms with E-state index in [1.165, 1.54) is 12.1 Å². The molecule has 6 heteroatoms. The average Bonchev–Trinajstić information content (AvgIpc) is 2.54. The molecular formula is C17H12FNO4. The van der Waals surface area contributed by atoms with Gasteiger partial charge in [-0.15, -0.1) is 0 Å². The van der Waals surface area contributed by atoms with Gasteiger partial charge < -0.3 is 14.8 Å². The van der Waals surface area contributed by atoms with Gasteiger partial charge in [0.1, 0.15) is 23.7 Å². The highest BCUT2D eigenvalue weighted by Gasteiger charge is 2.12. The summed E-state index contributed by atoms with van der Waals surface area (Å²) in [6.07, 6.45) is 1.16. The molecule has 0 aliphatic carbocycles. The van der Waals surface area contributed by atoms with Gasteiger partial charge in [0.2, 0.25) is 5.43 Å². The molecule has 1 heterocycles. The Hall–Kier alpha value is -3.15. The van der Waals surface area contributed by atoms with Crippen LogP contribution < -0.4 is 10.2 Å². The number of ether oxygens (including phenoxy) is 1. The first-order valence-electron chi connectivity index (χ1n) is 6.81. The summed E-state index contributed by atoms with van der Waals surface area (Å²) in [5.74, 6) is -1.32. The first kappa shape index (κ1) is 14.8. The third-order valence-electron chi connectivity index (χ3n) is 3.43. The van der Waals surface area contributed by atoms with Crippen molar-refractivity contribution < 1.29 is 19.0 Å². The van der Waals surface area contributed by atoms with Gasteiger partial charge in [-0.05, 0) is 24.3 Å². The second-order valence-electron chi connectivity index (χ2n) is 4.92. The maximum atomic E-state index is 13.6. The van der Waals surface area contributed by atoms with Gasteiger partial charge in [0.15, 0.2) is 0 Å². The fourth-order valence-corrected chi connectivity index (χ4v) is 2.22. The predicted octanol–water partition coefficient (Wildman–Crippen LogP) is 2.94. The molecule has 0 unspecified atom stereocenters. The lowest BCUT2D eigenvalue weighted by Crippen LogP contribution is -2.15. The van der Waals surface area contributed by atoms with E-state index < -0.39 is 11.4 Å². The van der Waals surface area contributed by atoms with Crippen LogP contribution in [0.25, 0.3) is 10.9 Å². The van der Waals surface area contributed by atoms with E-state index in [0.29, 0.717) is 16.8 Å². The smallest absolute Gasteiger partial charge is 0.341 e. The highest BCUT2D eigenvalue weighted by molar-refractivity contribution is 5.92. The third kappa shape index (κ3) is 2.91. The van der Waals surface area contributed by atoms with Crippen LogP contribution in [0.1, 0.15) is 15.9 Å². The second-order valence-corrected chi connectivity index (χ2v) is 4.92. The molecule has 2 aromatic carbocycles. The molecule has 0 saturated carbocycles. The fourth-order valence-electron chi connectivity index (χ4n) is 2.22. The van der Waals surface area contributed by atoms with Crippen LogP contribution in [0.15, 0.2) is 53.5 Å². The zero-order valence-corrected chi connectivity index (χ0v) is 11.9. The molecule has 0 bridgehead atoms. The van der Waals surface area contributed by atoms with E-state index in [4.69, 9.17) is 9.84 Å². The number of hydrogen-bond donors (Lipinski definition) is 2. The van der Waals surface area contributed by atoms with Gasteiger partial charge in [0.25, 0.3) is 0 Å². The summed E-state index contributed by atoms with van der Waals surface area (Å²) in [5.41, 5.74) is -0.0506. The molecule has 0 saturated heterocycles. The number of benzene rings is 2. The number of aromatic amines is 1. The molecule has 0 atom stereocenters. The molecule has 0 aliphatic heterocycles. The lowest BCUT2D eigenvalue weighted by atomic mass is 10.1. The molecule has 3 aromatic rings. The van der Waals surface area contributed by atoms with Gasteiger partial charge >= 0.3 is 5.97 Å². The molecule has 0 radical (unpaired) electrons. The Bertz CT molecular complexity index is 949. The number of H-pyrrole nitrogens is 1. The Morgan fingerprint density at radius 1 is 1.22 bits per heavy atom. The van der Waals surface area contributed by atoms with Crippen LogP contribution in [0.4, 0.5) is 4.39 Å². The molecule has 23 heavy (non-hydrogen) atoms. The fraction of sp³-hybridized carbons (Fsp3) is 0.0588. The molecule has 5 nitrogen and oxygen atoms in total. The minimum atomic E-state index is -1.30. The van der Waals surface area contributed by atoms with Crippen LogP contribution in [0.5, 0.6) is 5.75 Å². The monoisotopic (exact) mass is 313 g/mol. The van der Waals surface area contributed by atoms with Gasteiger partial charge in [-0.25, -0.2) is 9.18 Å². The molecule has 0 aliphatic rings. The van der Waals surface area contributed by atoms with Gasteiger partial charge in [-0.1, -0.05) is 18.2 Å². The lowest BCUT2D eigenvalue weighted by Gasteiger charge is -2.08. The minimum absolute atomic E-state index is 0.00864. The predicted molar refractivity (Wildman–Crippen MR) is 82.3 cm³/mol. The molecule has 0 amide bonds. The number of hydrogen-bond acceptors (Lipinski definition) is 3. The van der Waals surface area contributed by atoms with Crippen molar-refractivity contribution in [2.24, 2.45) is 0 Å². The molecule has 1 aromatic heterocycles. The topological polar surface area (TPSA) is 79.4 Å². The summed E-state index contributed by atoms with van der Waals surface area (Å²) in [6.45, 7) is 0.00864. The number of carboxylic acids is 1. The summed E-state index contributed by atoms with van der Waals surface area (Å²) >= 11 is 0. The Labute approximate surface area is 130 Å². The van der Waals surface area contributed by atoms with E-state index in [1.54, 1.807) is 30.3 Å². The number of nitrogens with one attached hydrogen (secondary N) is 1. The Morgan fingerprint density at radius 2 is 2.00 bits per heavy atom. The molecule has 116 valence electrons. The summed E-state index contributed by atoms with van der Waals surface area (Å²) in [4.78, 5) is 25.9. The van der Waals surface area contributed by atoms with E-state index in [2.05, 4.69) is 4.98 Å². The van der Waals surface area contributed by atoms with Crippen molar-refractivity contribution in [2.75, 3.05) is 0 Å². The van der Waals surface area contributed by atoms with E-state index in [0.717, 1.165) is 6.20 Å². The summed E-state index contributed by atoms with van der Waals surface area (Å²) in [6, 6.07) is 10.9. The number of pyridine rings is 1. The molecule has 2 N–H and O–H groups in total. The zero-order valence-electron chi connectivity index (χ0n) is 11.9. The van der Waals surface area contributed by atoms with Gasteiger partial charge in [-0.3, -0.25) is 4.79 Å². The van der Waals surface area contributed by atoms with Crippen molar-refractivity contribution in [1.29, 1.82) is 0 Å². The van der Waals surface area contributed by atoms with Crippen molar-refractivity contribution in [3.63, 3.8) is 0 Å². The van der Waals surface area contributed by atoms with Crippen LogP contribution >= 0.6 is 0 Å². The molecule has 0 spiro atoms. The SMILES string of the molecule is O=C(O)c1c[nH]c2ccc(OCc3ccccc3F)cc2c1=O. The van der Waals surface area contributed by atoms with Crippen LogP contribution in [0.3, 0.4) is 0 Å². The summed E-state index contributed by atoms with van der Waals surface area (Å²) in [7, 11) is 0. The number of halogens is 1. The zero-order chi connectivity index (χ0) is 16.4. The van der Waals surface area contributed by atoms with Crippen molar-refractivity contribution in [3.8, 4) is 5.75 Å². The van der Waals surface area contributed by atoms with Crippen LogP contribution in [0, 0.1) is 5.82 Å². The normalized spacial score (nSPS) is 10.7. The van der Waals surface area contributed by atoms with E-state index in [-0.39, 0.29) is 23.4 Å². The van der Waals surface area contributed by atoms with Gasteiger partial charge in [0.05, 0.1) is 5.39 Å². The third-order valence-corrected chi connectivity index (χ3v) is 3.43. The quantitative estimate of drug-likeness (QED) is 0.776. The minimum Gasteiger partial charge on any atom is -0.489 e. The Balaban J connectivity index is 1.93. The number of fused-ring (bicyclic) bond motifs is 1. The average molecular weight is 313 g/mol. The summed E-state index contributed by atoms with van der Waals surface area (Å²) in [5, 5.41) is 9.19. The van der Waals surface area contributed by atoms with Crippen LogP contribution in [-0.2, 0) is 6.61 Å². The van der Waals surface area contributed by atoms with Crippen molar-refractivity contribution in [1.82, 2.24) is 4.98 Å². The van der Waals surface area contributed by atoms with Crippen molar-refractivity contribution in [2.45, 2.75) is 6.61 Å². The van der Waals surface area contributed by atoms with E-state index in [9.17, 15) is 14.0 Å². The molecular weight excluding hydrogens is 301 g/mol.